The zero-order valence-electron chi connectivity index (χ0n) is 12.7. The summed E-state index contributed by atoms with van der Waals surface area (Å²) >= 11 is 0. The van der Waals surface area contributed by atoms with Gasteiger partial charge in [0.05, 0.1) is 5.83 Å². The molecule has 0 aliphatic heterocycles. The zero-order valence-corrected chi connectivity index (χ0v) is 12.7. The van der Waals surface area contributed by atoms with Crippen molar-refractivity contribution in [2.45, 2.75) is 51.9 Å². The molecule has 1 aromatic carbocycles. The van der Waals surface area contributed by atoms with E-state index in [4.69, 9.17) is 0 Å². The summed E-state index contributed by atoms with van der Waals surface area (Å²) in [4.78, 5) is 0. The van der Waals surface area contributed by atoms with Crippen LogP contribution in [0.15, 0.2) is 49.3 Å². The minimum absolute atomic E-state index is 0.274. The second-order valence-electron chi connectivity index (χ2n) is 5.54. The van der Waals surface area contributed by atoms with E-state index < -0.39 is 0 Å². The maximum atomic E-state index is 12.7. The van der Waals surface area contributed by atoms with Gasteiger partial charge in [-0.2, -0.15) is 0 Å². The second kappa shape index (κ2) is 9.52. The molecule has 110 valence electrons. The highest BCUT2D eigenvalue weighted by molar-refractivity contribution is 5.24. The Morgan fingerprint density at radius 2 is 1.80 bits per heavy atom. The quantitative estimate of drug-likeness (QED) is 0.361. The Kier molecular flexibility index (Phi) is 7.94. The summed E-state index contributed by atoms with van der Waals surface area (Å²) in [5.41, 5.74) is 2.33. The molecular weight excluding hydrogens is 247 g/mol. The highest BCUT2D eigenvalue weighted by Crippen LogP contribution is 2.17. The van der Waals surface area contributed by atoms with Crippen LogP contribution < -0.4 is 0 Å². The molecule has 0 aliphatic carbocycles. The molecule has 0 aliphatic rings. The highest BCUT2D eigenvalue weighted by Gasteiger charge is 2.03. The lowest BCUT2D eigenvalue weighted by atomic mass is 9.95. The predicted octanol–water partition coefficient (Wildman–Crippen LogP) is 6.03. The molecule has 20 heavy (non-hydrogen) atoms. The third-order valence-corrected chi connectivity index (χ3v) is 3.70. The number of allylic oxidation sites excluding steroid dienone is 2. The van der Waals surface area contributed by atoms with E-state index in [9.17, 15) is 4.39 Å². The van der Waals surface area contributed by atoms with E-state index in [1.807, 2.05) is 12.1 Å². The fraction of sp³-hybridized carbons (Fsp3) is 0.474. The Balaban J connectivity index is 2.28. The van der Waals surface area contributed by atoms with E-state index in [0.717, 1.165) is 12.0 Å². The van der Waals surface area contributed by atoms with Gasteiger partial charge >= 0.3 is 0 Å². The first-order chi connectivity index (χ1) is 9.65. The van der Waals surface area contributed by atoms with Crippen LogP contribution in [0.3, 0.4) is 0 Å². The fourth-order valence-corrected chi connectivity index (χ4v) is 2.53. The van der Waals surface area contributed by atoms with Crippen LogP contribution >= 0.6 is 0 Å². The van der Waals surface area contributed by atoms with Gasteiger partial charge < -0.3 is 0 Å². The lowest BCUT2D eigenvalue weighted by Crippen LogP contribution is -1.96. The molecule has 1 aromatic rings. The van der Waals surface area contributed by atoms with Crippen LogP contribution in [0.5, 0.6) is 0 Å². The predicted molar refractivity (Wildman–Crippen MR) is 86.5 cm³/mol. The van der Waals surface area contributed by atoms with E-state index in [2.05, 4.69) is 38.3 Å². The number of hydrogen-bond acceptors (Lipinski definition) is 0. The van der Waals surface area contributed by atoms with Crippen molar-refractivity contribution in [3.8, 4) is 0 Å². The molecule has 0 aromatic heterocycles. The van der Waals surface area contributed by atoms with E-state index in [-0.39, 0.29) is 5.83 Å². The fourth-order valence-electron chi connectivity index (χ4n) is 2.53. The SMILES string of the molecule is C=CC(CCC)CCCCc1ccc(CC(=C)F)cc1. The molecule has 1 atom stereocenters. The molecule has 1 rings (SSSR count). The van der Waals surface area contributed by atoms with Gasteiger partial charge in [-0.25, -0.2) is 4.39 Å². The van der Waals surface area contributed by atoms with Gasteiger partial charge in [-0.15, -0.1) is 6.58 Å². The highest BCUT2D eigenvalue weighted by atomic mass is 19.1. The number of benzene rings is 1. The molecule has 0 N–H and O–H groups in total. The van der Waals surface area contributed by atoms with Gasteiger partial charge in [0, 0.05) is 6.42 Å². The van der Waals surface area contributed by atoms with Crippen LogP contribution in [0.1, 0.15) is 50.2 Å². The molecule has 0 bridgehead atoms. The molecule has 1 heteroatoms. The van der Waals surface area contributed by atoms with Crippen LogP contribution in [0.2, 0.25) is 0 Å². The lowest BCUT2D eigenvalue weighted by molar-refractivity contribution is 0.505. The third kappa shape index (κ3) is 6.70. The van der Waals surface area contributed by atoms with Gasteiger partial charge in [-0.05, 0) is 42.7 Å². The molecule has 0 nitrogen and oxygen atoms in total. The largest absolute Gasteiger partial charge is 0.212 e. The van der Waals surface area contributed by atoms with Gasteiger partial charge in [0.15, 0.2) is 0 Å². The third-order valence-electron chi connectivity index (χ3n) is 3.70. The van der Waals surface area contributed by atoms with Crippen LogP contribution in [0.25, 0.3) is 0 Å². The Labute approximate surface area is 123 Å². The first-order valence-electron chi connectivity index (χ1n) is 7.69. The number of unbranched alkanes of at least 4 members (excludes halogenated alkanes) is 1. The van der Waals surface area contributed by atoms with Crippen molar-refractivity contribution >= 4 is 0 Å². The molecule has 0 radical (unpaired) electrons. The first-order valence-corrected chi connectivity index (χ1v) is 7.69. The lowest BCUT2D eigenvalue weighted by Gasteiger charge is -2.10. The van der Waals surface area contributed by atoms with E-state index in [1.54, 1.807) is 0 Å². The Morgan fingerprint density at radius 3 is 2.35 bits per heavy atom. The average molecular weight is 274 g/mol. The maximum Gasteiger partial charge on any atom is 0.0971 e. The smallest absolute Gasteiger partial charge is 0.0971 e. The normalized spacial score (nSPS) is 12.1. The van der Waals surface area contributed by atoms with Gasteiger partial charge in [0.2, 0.25) is 0 Å². The van der Waals surface area contributed by atoms with E-state index >= 15 is 0 Å². The Hall–Kier alpha value is -1.37. The van der Waals surface area contributed by atoms with Crippen molar-refractivity contribution in [1.82, 2.24) is 0 Å². The summed E-state index contributed by atoms with van der Waals surface area (Å²) in [5, 5.41) is 0. The number of rotatable bonds is 10. The van der Waals surface area contributed by atoms with Gasteiger partial charge in [-0.1, -0.05) is 56.7 Å². The summed E-state index contributed by atoms with van der Waals surface area (Å²) in [6.45, 7) is 9.44. The van der Waals surface area contributed by atoms with Crippen molar-refractivity contribution in [2.24, 2.45) is 5.92 Å². The minimum atomic E-state index is -0.274. The molecule has 0 amide bonds. The van der Waals surface area contributed by atoms with Crippen molar-refractivity contribution in [3.63, 3.8) is 0 Å². The molecule has 1 unspecified atom stereocenters. The topological polar surface area (TPSA) is 0 Å². The molecule has 0 spiro atoms. The Morgan fingerprint density at radius 1 is 1.15 bits per heavy atom. The molecule has 0 fully saturated rings. The van der Waals surface area contributed by atoms with Gasteiger partial charge in [-0.3, -0.25) is 0 Å². The van der Waals surface area contributed by atoms with Crippen molar-refractivity contribution in [3.05, 3.63) is 60.5 Å². The van der Waals surface area contributed by atoms with Crippen LogP contribution in [-0.4, -0.2) is 0 Å². The molecular formula is C19H27F. The summed E-state index contributed by atoms with van der Waals surface area (Å²) in [5.74, 6) is 0.405. The monoisotopic (exact) mass is 274 g/mol. The van der Waals surface area contributed by atoms with Crippen molar-refractivity contribution in [1.29, 1.82) is 0 Å². The van der Waals surface area contributed by atoms with Crippen molar-refractivity contribution in [2.75, 3.05) is 0 Å². The molecule has 0 saturated heterocycles. The first kappa shape index (κ1) is 16.7. The number of aryl methyl sites for hydroxylation is 1. The average Bonchev–Trinajstić information content (AvgIpc) is 2.43. The van der Waals surface area contributed by atoms with Gasteiger partial charge in [0.25, 0.3) is 0 Å². The second-order valence-corrected chi connectivity index (χ2v) is 5.54. The summed E-state index contributed by atoms with van der Waals surface area (Å²) in [6, 6.07) is 8.22. The van der Waals surface area contributed by atoms with Crippen LogP contribution in [0, 0.1) is 5.92 Å². The molecule has 0 saturated carbocycles. The summed E-state index contributed by atoms with van der Waals surface area (Å²) < 4.78 is 12.7. The van der Waals surface area contributed by atoms with Crippen molar-refractivity contribution < 1.29 is 4.39 Å². The maximum absolute atomic E-state index is 12.7. The minimum Gasteiger partial charge on any atom is -0.212 e. The standard InChI is InChI=1S/C19H27F/c1-4-8-17(5-2)9-6-7-10-18-11-13-19(14-12-18)15-16(3)20/h5,11-14,17H,2-4,6-10,15H2,1H3. The Bertz CT molecular complexity index is 402. The molecule has 0 heterocycles. The van der Waals surface area contributed by atoms with E-state index in [1.165, 1.54) is 37.7 Å². The number of halogens is 1. The zero-order chi connectivity index (χ0) is 14.8. The van der Waals surface area contributed by atoms with E-state index in [0.29, 0.717) is 12.3 Å². The van der Waals surface area contributed by atoms with Crippen LogP contribution in [-0.2, 0) is 12.8 Å². The van der Waals surface area contributed by atoms with Gasteiger partial charge in [0.1, 0.15) is 0 Å². The van der Waals surface area contributed by atoms with Crippen LogP contribution in [0.4, 0.5) is 4.39 Å². The summed E-state index contributed by atoms with van der Waals surface area (Å²) in [6.07, 6.45) is 9.73. The summed E-state index contributed by atoms with van der Waals surface area (Å²) in [7, 11) is 0. The number of hydrogen-bond donors (Lipinski definition) is 0.